The summed E-state index contributed by atoms with van der Waals surface area (Å²) in [5.74, 6) is -0.0758. The van der Waals surface area contributed by atoms with Crippen molar-refractivity contribution in [2.45, 2.75) is 19.9 Å². The summed E-state index contributed by atoms with van der Waals surface area (Å²) >= 11 is 0. The van der Waals surface area contributed by atoms with Crippen molar-refractivity contribution in [1.82, 2.24) is 10.2 Å². The maximum atomic E-state index is 13.5. The second-order valence-corrected chi connectivity index (χ2v) is 5.01. The van der Waals surface area contributed by atoms with Gasteiger partial charge in [-0.3, -0.25) is 4.79 Å². The number of nitrogens with zero attached hydrogens (tertiary/aromatic N) is 1. The summed E-state index contributed by atoms with van der Waals surface area (Å²) in [6.07, 6.45) is 0.438. The lowest BCUT2D eigenvalue weighted by atomic mass is 10.1. The molecule has 0 bridgehead atoms. The van der Waals surface area contributed by atoms with Crippen molar-refractivity contribution in [2.24, 2.45) is 0 Å². The van der Waals surface area contributed by atoms with E-state index in [2.05, 4.69) is 5.32 Å². The van der Waals surface area contributed by atoms with Gasteiger partial charge in [-0.1, -0.05) is 17.7 Å². The van der Waals surface area contributed by atoms with Crippen LogP contribution >= 0.6 is 0 Å². The van der Waals surface area contributed by atoms with Crippen LogP contribution in [-0.4, -0.2) is 43.7 Å². The number of aryl methyl sites for hydroxylation is 1. The summed E-state index contributed by atoms with van der Waals surface area (Å²) in [7, 11) is 0. The summed E-state index contributed by atoms with van der Waals surface area (Å²) in [5.41, 5.74) is 1.68. The summed E-state index contributed by atoms with van der Waals surface area (Å²) in [6, 6.07) is 5.05. The van der Waals surface area contributed by atoms with E-state index >= 15 is 0 Å². The van der Waals surface area contributed by atoms with Crippen molar-refractivity contribution in [3.63, 3.8) is 0 Å². The van der Waals surface area contributed by atoms with Gasteiger partial charge in [0.2, 0.25) is 5.91 Å². The highest BCUT2D eigenvalue weighted by Gasteiger charge is 2.15. The molecule has 20 heavy (non-hydrogen) atoms. The topological polar surface area (TPSA) is 41.6 Å². The van der Waals surface area contributed by atoms with Gasteiger partial charge in [-0.25, -0.2) is 4.39 Å². The van der Waals surface area contributed by atoms with Crippen molar-refractivity contribution in [1.29, 1.82) is 0 Å². The number of benzene rings is 1. The number of morpholine rings is 1. The van der Waals surface area contributed by atoms with Gasteiger partial charge in [0.25, 0.3) is 0 Å². The number of hydrogen-bond donors (Lipinski definition) is 1. The van der Waals surface area contributed by atoms with Crippen molar-refractivity contribution >= 4 is 5.91 Å². The number of ether oxygens (including phenoxy) is 1. The molecule has 0 spiro atoms. The van der Waals surface area contributed by atoms with E-state index in [4.69, 9.17) is 4.74 Å². The van der Waals surface area contributed by atoms with Gasteiger partial charge in [0.05, 0.1) is 13.2 Å². The third kappa shape index (κ3) is 4.28. The predicted molar refractivity (Wildman–Crippen MR) is 74.9 cm³/mol. The number of carbonyl (C=O) groups excluding carboxylic acids is 1. The van der Waals surface area contributed by atoms with E-state index in [0.29, 0.717) is 51.4 Å². The Balaban J connectivity index is 1.70. The maximum absolute atomic E-state index is 13.5. The van der Waals surface area contributed by atoms with Crippen molar-refractivity contribution in [2.75, 3.05) is 32.8 Å². The van der Waals surface area contributed by atoms with Crippen molar-refractivity contribution in [3.05, 3.63) is 35.1 Å². The molecule has 0 aromatic heterocycles. The zero-order valence-corrected chi connectivity index (χ0v) is 11.8. The van der Waals surface area contributed by atoms with Gasteiger partial charge in [0.1, 0.15) is 5.82 Å². The fraction of sp³-hybridized carbons (Fsp3) is 0.533. The average molecular weight is 280 g/mol. The van der Waals surface area contributed by atoms with Crippen LogP contribution in [0.25, 0.3) is 0 Å². The molecular formula is C15H21FN2O2. The van der Waals surface area contributed by atoms with Crippen molar-refractivity contribution in [3.8, 4) is 0 Å². The average Bonchev–Trinajstić information content (AvgIpc) is 2.47. The molecule has 1 N–H and O–H groups in total. The molecule has 0 unspecified atom stereocenters. The summed E-state index contributed by atoms with van der Waals surface area (Å²) in [5, 5.41) is 3.12. The number of nitrogens with one attached hydrogen (secondary N) is 1. The van der Waals surface area contributed by atoms with Crippen LogP contribution in [0.15, 0.2) is 18.2 Å². The first kappa shape index (κ1) is 14.9. The Morgan fingerprint density at radius 2 is 2.15 bits per heavy atom. The van der Waals surface area contributed by atoms with E-state index in [0.717, 1.165) is 5.56 Å². The van der Waals surface area contributed by atoms with Gasteiger partial charge in [0.15, 0.2) is 0 Å². The van der Waals surface area contributed by atoms with Crippen LogP contribution in [0.3, 0.4) is 0 Å². The number of amides is 1. The molecule has 0 saturated carbocycles. The zero-order valence-electron chi connectivity index (χ0n) is 11.8. The minimum Gasteiger partial charge on any atom is -0.378 e. The molecule has 1 saturated heterocycles. The first-order chi connectivity index (χ1) is 9.66. The Labute approximate surface area is 118 Å². The molecule has 2 rings (SSSR count). The third-order valence-corrected chi connectivity index (χ3v) is 3.40. The van der Waals surface area contributed by atoms with Gasteiger partial charge in [0, 0.05) is 38.2 Å². The van der Waals surface area contributed by atoms with Crippen LogP contribution in [0.2, 0.25) is 0 Å². The number of hydrogen-bond acceptors (Lipinski definition) is 3. The van der Waals surface area contributed by atoms with E-state index in [1.807, 2.05) is 17.9 Å². The highest BCUT2D eigenvalue weighted by Crippen LogP contribution is 2.09. The molecular weight excluding hydrogens is 259 g/mol. The monoisotopic (exact) mass is 280 g/mol. The Bertz CT molecular complexity index is 459. The van der Waals surface area contributed by atoms with Crippen LogP contribution in [0.4, 0.5) is 4.39 Å². The van der Waals surface area contributed by atoms with Gasteiger partial charge in [-0.05, 0) is 13.0 Å². The maximum Gasteiger partial charge on any atom is 0.224 e. The third-order valence-electron chi connectivity index (χ3n) is 3.40. The second-order valence-electron chi connectivity index (χ2n) is 5.01. The second kappa shape index (κ2) is 7.36. The summed E-state index contributed by atoms with van der Waals surface area (Å²) < 4.78 is 18.7. The highest BCUT2D eigenvalue weighted by molar-refractivity contribution is 5.76. The van der Waals surface area contributed by atoms with Gasteiger partial charge in [-0.2, -0.15) is 0 Å². The quantitative estimate of drug-likeness (QED) is 0.831. The lowest BCUT2D eigenvalue weighted by Gasteiger charge is -2.26. The SMILES string of the molecule is Cc1ccc(F)c(CNCCC(=O)N2CCOCC2)c1. The Morgan fingerprint density at radius 3 is 2.90 bits per heavy atom. The minimum atomic E-state index is -0.206. The molecule has 4 nitrogen and oxygen atoms in total. The largest absolute Gasteiger partial charge is 0.378 e. The molecule has 1 aromatic rings. The standard InChI is InChI=1S/C15H21FN2O2/c1-12-2-3-14(16)13(10-12)11-17-5-4-15(19)18-6-8-20-9-7-18/h2-3,10,17H,4-9,11H2,1H3. The number of halogens is 1. The molecule has 0 radical (unpaired) electrons. The predicted octanol–water partition coefficient (Wildman–Crippen LogP) is 1.47. The molecule has 1 aliphatic rings. The smallest absolute Gasteiger partial charge is 0.224 e. The van der Waals surface area contributed by atoms with Gasteiger partial charge < -0.3 is 15.0 Å². The van der Waals surface area contributed by atoms with Crippen LogP contribution < -0.4 is 5.32 Å². The van der Waals surface area contributed by atoms with Gasteiger partial charge >= 0.3 is 0 Å². The molecule has 0 atom stereocenters. The molecule has 1 aliphatic heterocycles. The zero-order chi connectivity index (χ0) is 14.4. The Morgan fingerprint density at radius 1 is 1.40 bits per heavy atom. The Kier molecular flexibility index (Phi) is 5.49. The lowest BCUT2D eigenvalue weighted by Crippen LogP contribution is -2.41. The van der Waals surface area contributed by atoms with Gasteiger partial charge in [-0.15, -0.1) is 0 Å². The minimum absolute atomic E-state index is 0.130. The van der Waals surface area contributed by atoms with E-state index in [1.54, 1.807) is 6.07 Å². The molecule has 1 aromatic carbocycles. The molecule has 1 amide bonds. The van der Waals surface area contributed by atoms with Crippen LogP contribution in [0, 0.1) is 12.7 Å². The van der Waals surface area contributed by atoms with E-state index < -0.39 is 0 Å². The van der Waals surface area contributed by atoms with E-state index in [-0.39, 0.29) is 11.7 Å². The van der Waals surface area contributed by atoms with Crippen LogP contribution in [-0.2, 0) is 16.1 Å². The summed E-state index contributed by atoms with van der Waals surface area (Å²) in [4.78, 5) is 13.7. The normalized spacial score (nSPS) is 15.4. The molecule has 1 fully saturated rings. The first-order valence-electron chi connectivity index (χ1n) is 6.98. The fourth-order valence-electron chi connectivity index (χ4n) is 2.23. The molecule has 5 heteroatoms. The van der Waals surface area contributed by atoms with Crippen LogP contribution in [0.5, 0.6) is 0 Å². The molecule has 0 aliphatic carbocycles. The highest BCUT2D eigenvalue weighted by atomic mass is 19.1. The number of rotatable bonds is 5. The van der Waals surface area contributed by atoms with E-state index in [1.165, 1.54) is 6.07 Å². The fourth-order valence-corrected chi connectivity index (χ4v) is 2.23. The van der Waals surface area contributed by atoms with Crippen LogP contribution in [0.1, 0.15) is 17.5 Å². The Hall–Kier alpha value is -1.46. The van der Waals surface area contributed by atoms with E-state index in [9.17, 15) is 9.18 Å². The number of carbonyl (C=O) groups is 1. The molecule has 110 valence electrons. The van der Waals surface area contributed by atoms with Crippen molar-refractivity contribution < 1.29 is 13.9 Å². The molecule has 1 heterocycles. The first-order valence-corrected chi connectivity index (χ1v) is 6.98. The lowest BCUT2D eigenvalue weighted by molar-refractivity contribution is -0.135. The summed E-state index contributed by atoms with van der Waals surface area (Å²) in [6.45, 7) is 5.52.